The van der Waals surface area contributed by atoms with E-state index in [0.29, 0.717) is 33.4 Å². The van der Waals surface area contributed by atoms with Crippen LogP contribution in [0.5, 0.6) is 17.2 Å². The lowest BCUT2D eigenvalue weighted by Gasteiger charge is -2.36. The normalized spacial score (nSPS) is 15.5. The molecule has 2 heterocycles. The molecule has 1 spiro atoms. The summed E-state index contributed by atoms with van der Waals surface area (Å²) in [5.74, 6) is 0.982. The molecule has 0 radical (unpaired) electrons. The number of carbonyl (C=O) groups is 1. The molecule has 0 bridgehead atoms. The van der Waals surface area contributed by atoms with Gasteiger partial charge in [0, 0.05) is 27.5 Å². The van der Waals surface area contributed by atoms with Gasteiger partial charge in [0.05, 0.1) is 5.56 Å². The summed E-state index contributed by atoms with van der Waals surface area (Å²) in [6, 6.07) is 24.1. The van der Waals surface area contributed by atoms with E-state index in [-0.39, 0.29) is 5.75 Å². The maximum Gasteiger partial charge on any atom is 0.340 e. The number of benzene rings is 4. The van der Waals surface area contributed by atoms with Crippen molar-refractivity contribution < 1.29 is 19.4 Å². The van der Waals surface area contributed by atoms with Gasteiger partial charge < -0.3 is 14.6 Å². The predicted molar refractivity (Wildman–Crippen MR) is 104 cm³/mol. The van der Waals surface area contributed by atoms with Gasteiger partial charge in [-0.15, -0.1) is 0 Å². The highest BCUT2D eigenvalue weighted by molar-refractivity contribution is 6.10. The minimum atomic E-state index is -1.15. The number of aromatic hydroxyl groups is 1. The van der Waals surface area contributed by atoms with Crippen molar-refractivity contribution >= 4 is 16.7 Å². The van der Waals surface area contributed by atoms with E-state index in [1.165, 1.54) is 0 Å². The molecule has 6 rings (SSSR count). The Morgan fingerprint density at radius 1 is 0.714 bits per heavy atom. The van der Waals surface area contributed by atoms with Gasteiger partial charge in [-0.05, 0) is 18.2 Å². The monoisotopic (exact) mass is 366 g/mol. The van der Waals surface area contributed by atoms with E-state index in [1.807, 2.05) is 66.7 Å². The fourth-order valence-electron chi connectivity index (χ4n) is 4.46. The van der Waals surface area contributed by atoms with Crippen LogP contribution in [0, 0.1) is 0 Å². The van der Waals surface area contributed by atoms with Crippen molar-refractivity contribution in [1.29, 1.82) is 0 Å². The highest BCUT2D eigenvalue weighted by Crippen LogP contribution is 2.57. The van der Waals surface area contributed by atoms with Gasteiger partial charge in [0.25, 0.3) is 0 Å². The molecule has 0 fully saturated rings. The lowest BCUT2D eigenvalue weighted by atomic mass is 9.77. The Morgan fingerprint density at radius 3 is 1.96 bits per heavy atom. The lowest BCUT2D eigenvalue weighted by Crippen LogP contribution is -2.32. The molecule has 0 aliphatic carbocycles. The largest absolute Gasteiger partial charge is 0.507 e. The van der Waals surface area contributed by atoms with E-state index in [1.54, 1.807) is 12.1 Å². The second-order valence-corrected chi connectivity index (χ2v) is 7.03. The van der Waals surface area contributed by atoms with Gasteiger partial charge in [-0.3, -0.25) is 0 Å². The first-order chi connectivity index (χ1) is 13.7. The van der Waals surface area contributed by atoms with Crippen LogP contribution in [0.3, 0.4) is 0 Å². The summed E-state index contributed by atoms with van der Waals surface area (Å²) < 4.78 is 12.2. The van der Waals surface area contributed by atoms with Crippen LogP contribution >= 0.6 is 0 Å². The maximum atomic E-state index is 13.1. The van der Waals surface area contributed by atoms with Crippen molar-refractivity contribution in [2.24, 2.45) is 0 Å². The molecular formula is C24H14O4. The van der Waals surface area contributed by atoms with Crippen molar-refractivity contribution in [2.45, 2.75) is 5.60 Å². The van der Waals surface area contributed by atoms with Crippen LogP contribution in [0.1, 0.15) is 27.0 Å². The lowest BCUT2D eigenvalue weighted by molar-refractivity contribution is 0.0225. The van der Waals surface area contributed by atoms with E-state index < -0.39 is 11.6 Å². The van der Waals surface area contributed by atoms with Crippen LogP contribution in [0.2, 0.25) is 0 Å². The summed E-state index contributed by atoms with van der Waals surface area (Å²) >= 11 is 0. The van der Waals surface area contributed by atoms with Crippen molar-refractivity contribution in [3.63, 3.8) is 0 Å². The number of phenolic OH excluding ortho intramolecular Hbond substituents is 1. The average molecular weight is 366 g/mol. The highest BCUT2D eigenvalue weighted by atomic mass is 16.6. The second kappa shape index (κ2) is 5.14. The number of para-hydroxylation sites is 2. The summed E-state index contributed by atoms with van der Waals surface area (Å²) in [5.41, 5.74) is 1.46. The predicted octanol–water partition coefficient (Wildman–Crippen LogP) is 5.11. The Hall–Kier alpha value is -3.79. The van der Waals surface area contributed by atoms with Crippen LogP contribution < -0.4 is 4.74 Å². The SMILES string of the molecule is O=C1OC2(c3ccccc3Oc3ccccc32)c2cc(O)c3ccccc3c21. The van der Waals surface area contributed by atoms with Crippen LogP contribution in [0.25, 0.3) is 10.8 Å². The van der Waals surface area contributed by atoms with Gasteiger partial charge in [-0.25, -0.2) is 4.79 Å². The average Bonchev–Trinajstić information content (AvgIpc) is 3.01. The van der Waals surface area contributed by atoms with Gasteiger partial charge in [0.1, 0.15) is 17.2 Å². The smallest absolute Gasteiger partial charge is 0.340 e. The number of esters is 1. The second-order valence-electron chi connectivity index (χ2n) is 7.03. The van der Waals surface area contributed by atoms with E-state index >= 15 is 0 Å². The molecule has 0 saturated heterocycles. The van der Waals surface area contributed by atoms with Crippen molar-refractivity contribution in [1.82, 2.24) is 0 Å². The fraction of sp³-hybridized carbons (Fsp3) is 0.0417. The van der Waals surface area contributed by atoms with E-state index in [0.717, 1.165) is 11.1 Å². The number of carbonyl (C=O) groups excluding carboxylic acids is 1. The third-order valence-electron chi connectivity index (χ3n) is 5.60. The molecule has 0 aromatic heterocycles. The summed E-state index contributed by atoms with van der Waals surface area (Å²) in [4.78, 5) is 13.1. The van der Waals surface area contributed by atoms with Crippen molar-refractivity contribution in [3.05, 3.63) is 101 Å². The van der Waals surface area contributed by atoms with Crippen LogP contribution in [-0.2, 0) is 10.3 Å². The molecule has 2 aliphatic heterocycles. The molecule has 4 aromatic carbocycles. The van der Waals surface area contributed by atoms with E-state index in [4.69, 9.17) is 9.47 Å². The number of fused-ring (bicyclic) bond motifs is 8. The quantitative estimate of drug-likeness (QED) is 0.439. The number of hydrogen-bond acceptors (Lipinski definition) is 4. The van der Waals surface area contributed by atoms with Gasteiger partial charge in [-0.2, -0.15) is 0 Å². The first kappa shape index (κ1) is 15.3. The van der Waals surface area contributed by atoms with E-state index in [2.05, 4.69) is 0 Å². The Morgan fingerprint density at radius 2 is 1.29 bits per heavy atom. The van der Waals surface area contributed by atoms with Gasteiger partial charge >= 0.3 is 5.97 Å². The first-order valence-corrected chi connectivity index (χ1v) is 9.05. The van der Waals surface area contributed by atoms with Crippen molar-refractivity contribution in [2.75, 3.05) is 0 Å². The Kier molecular flexibility index (Phi) is 2.80. The molecule has 4 heteroatoms. The van der Waals surface area contributed by atoms with Crippen LogP contribution in [0.15, 0.2) is 78.9 Å². The molecule has 4 aromatic rings. The summed E-state index contributed by atoms with van der Waals surface area (Å²) in [6.45, 7) is 0. The minimum Gasteiger partial charge on any atom is -0.507 e. The van der Waals surface area contributed by atoms with Gasteiger partial charge in [0.15, 0.2) is 5.60 Å². The van der Waals surface area contributed by atoms with Crippen LogP contribution in [-0.4, -0.2) is 11.1 Å². The Balaban J connectivity index is 1.80. The fourth-order valence-corrected chi connectivity index (χ4v) is 4.46. The van der Waals surface area contributed by atoms with Crippen LogP contribution in [0.4, 0.5) is 0 Å². The van der Waals surface area contributed by atoms with E-state index in [9.17, 15) is 9.90 Å². The molecule has 2 aliphatic rings. The molecular weight excluding hydrogens is 352 g/mol. The molecule has 0 atom stereocenters. The first-order valence-electron chi connectivity index (χ1n) is 9.05. The Labute approximate surface area is 160 Å². The topological polar surface area (TPSA) is 55.8 Å². The Bertz CT molecular complexity index is 1260. The zero-order valence-corrected chi connectivity index (χ0v) is 14.7. The number of ether oxygens (including phenoxy) is 2. The number of phenols is 1. The number of rotatable bonds is 0. The standard InChI is InChI=1S/C24H14O4/c25-19-13-18-22(15-8-2-1-7-14(15)19)23(26)28-24(18)16-9-3-5-11-20(16)27-21-12-6-4-10-17(21)24/h1-13,25H. The highest BCUT2D eigenvalue weighted by Gasteiger charge is 2.54. The molecule has 0 saturated carbocycles. The molecule has 134 valence electrons. The minimum absolute atomic E-state index is 0.119. The molecule has 0 unspecified atom stereocenters. The zero-order chi connectivity index (χ0) is 18.9. The third-order valence-corrected chi connectivity index (χ3v) is 5.60. The zero-order valence-electron chi connectivity index (χ0n) is 14.7. The third kappa shape index (κ3) is 1.72. The molecule has 0 amide bonds. The molecule has 1 N–H and O–H groups in total. The van der Waals surface area contributed by atoms with Gasteiger partial charge in [0.2, 0.25) is 0 Å². The van der Waals surface area contributed by atoms with Gasteiger partial charge in [-0.1, -0.05) is 60.7 Å². The molecule has 4 nitrogen and oxygen atoms in total. The maximum absolute atomic E-state index is 13.1. The summed E-state index contributed by atoms with van der Waals surface area (Å²) in [5, 5.41) is 12.0. The molecule has 28 heavy (non-hydrogen) atoms. The number of hydrogen-bond donors (Lipinski definition) is 1. The van der Waals surface area contributed by atoms with Crippen molar-refractivity contribution in [3.8, 4) is 17.2 Å². The summed E-state index contributed by atoms with van der Waals surface area (Å²) in [7, 11) is 0. The summed E-state index contributed by atoms with van der Waals surface area (Å²) in [6.07, 6.45) is 0.